The van der Waals surface area contributed by atoms with E-state index in [4.69, 9.17) is 5.11 Å². The van der Waals surface area contributed by atoms with E-state index in [0.29, 0.717) is 0 Å². The number of rotatable bonds is 2. The lowest BCUT2D eigenvalue weighted by atomic mass is 9.96. The smallest absolute Gasteiger partial charge is 0.328 e. The first-order chi connectivity index (χ1) is 7.66. The van der Waals surface area contributed by atoms with Crippen molar-refractivity contribution in [3.63, 3.8) is 0 Å². The standard InChI is InChI=1S/C13H13NO2.ClH/c1-9-5-7-11-10(6-8-13(15)16)3-2-4-12(11)14-9;/h2-4,6,8,14H,1,5,7H2,(H,15,16);1H/b8-6+;. The van der Waals surface area contributed by atoms with Gasteiger partial charge in [-0.1, -0.05) is 18.7 Å². The minimum absolute atomic E-state index is 0. The van der Waals surface area contributed by atoms with Crippen LogP contribution in [0, 0.1) is 0 Å². The van der Waals surface area contributed by atoms with Gasteiger partial charge < -0.3 is 10.4 Å². The van der Waals surface area contributed by atoms with Gasteiger partial charge in [0.15, 0.2) is 0 Å². The van der Waals surface area contributed by atoms with Crippen LogP contribution in [0.1, 0.15) is 17.5 Å². The van der Waals surface area contributed by atoms with Crippen LogP contribution in [-0.2, 0) is 11.2 Å². The summed E-state index contributed by atoms with van der Waals surface area (Å²) in [6, 6.07) is 5.82. The maximum absolute atomic E-state index is 10.5. The Morgan fingerprint density at radius 2 is 2.18 bits per heavy atom. The van der Waals surface area contributed by atoms with Gasteiger partial charge in [0, 0.05) is 17.5 Å². The van der Waals surface area contributed by atoms with Crippen molar-refractivity contribution in [2.24, 2.45) is 0 Å². The highest BCUT2D eigenvalue weighted by Crippen LogP contribution is 2.29. The lowest BCUT2D eigenvalue weighted by Gasteiger charge is -2.21. The second kappa shape index (κ2) is 5.55. The molecule has 0 spiro atoms. The van der Waals surface area contributed by atoms with Gasteiger partial charge >= 0.3 is 5.97 Å². The normalized spacial score (nSPS) is 13.8. The van der Waals surface area contributed by atoms with Crippen LogP contribution in [0.25, 0.3) is 6.08 Å². The van der Waals surface area contributed by atoms with Crippen molar-refractivity contribution in [2.45, 2.75) is 12.8 Å². The van der Waals surface area contributed by atoms with Gasteiger partial charge in [0.2, 0.25) is 0 Å². The van der Waals surface area contributed by atoms with E-state index in [1.54, 1.807) is 6.08 Å². The molecule has 1 aromatic rings. The molecule has 0 bridgehead atoms. The highest BCUT2D eigenvalue weighted by atomic mass is 35.5. The van der Waals surface area contributed by atoms with Crippen molar-refractivity contribution < 1.29 is 9.90 Å². The van der Waals surface area contributed by atoms with E-state index < -0.39 is 5.97 Å². The summed E-state index contributed by atoms with van der Waals surface area (Å²) in [4.78, 5) is 10.5. The highest BCUT2D eigenvalue weighted by molar-refractivity contribution is 5.86. The average Bonchev–Trinajstić information content (AvgIpc) is 2.25. The fourth-order valence-electron chi connectivity index (χ4n) is 1.85. The van der Waals surface area contributed by atoms with Gasteiger partial charge in [-0.2, -0.15) is 0 Å². The van der Waals surface area contributed by atoms with Crippen molar-refractivity contribution in [1.82, 2.24) is 0 Å². The molecule has 3 nitrogen and oxygen atoms in total. The Bertz CT molecular complexity index is 480. The predicted octanol–water partition coefficient (Wildman–Crippen LogP) is 3.08. The molecule has 0 saturated carbocycles. The maximum Gasteiger partial charge on any atom is 0.328 e. The molecular weight excluding hydrogens is 238 g/mol. The van der Waals surface area contributed by atoms with Crippen molar-refractivity contribution in [3.8, 4) is 0 Å². The molecule has 2 rings (SSSR count). The van der Waals surface area contributed by atoms with Crippen LogP contribution in [-0.4, -0.2) is 11.1 Å². The van der Waals surface area contributed by atoms with Crippen LogP contribution in [0.15, 0.2) is 36.6 Å². The number of hydrogen-bond donors (Lipinski definition) is 2. The average molecular weight is 252 g/mol. The van der Waals surface area contributed by atoms with Gasteiger partial charge in [0.05, 0.1) is 0 Å². The van der Waals surface area contributed by atoms with E-state index in [1.807, 2.05) is 18.2 Å². The van der Waals surface area contributed by atoms with Crippen LogP contribution in [0.3, 0.4) is 0 Å². The van der Waals surface area contributed by atoms with Gasteiger partial charge in [-0.15, -0.1) is 12.4 Å². The number of hydrogen-bond acceptors (Lipinski definition) is 2. The quantitative estimate of drug-likeness (QED) is 0.795. The molecule has 1 aromatic carbocycles. The molecule has 0 fully saturated rings. The first-order valence-electron chi connectivity index (χ1n) is 5.14. The summed E-state index contributed by atoms with van der Waals surface area (Å²) in [6.07, 6.45) is 4.60. The van der Waals surface area contributed by atoms with Crippen LogP contribution in [0.5, 0.6) is 0 Å². The summed E-state index contributed by atoms with van der Waals surface area (Å²) < 4.78 is 0. The number of carbonyl (C=O) groups is 1. The van der Waals surface area contributed by atoms with Crippen LogP contribution in [0.4, 0.5) is 5.69 Å². The molecule has 0 atom stereocenters. The summed E-state index contributed by atoms with van der Waals surface area (Å²) in [5.74, 6) is -0.925. The third-order valence-corrected chi connectivity index (χ3v) is 2.61. The van der Waals surface area contributed by atoms with E-state index in [-0.39, 0.29) is 12.4 Å². The third-order valence-electron chi connectivity index (χ3n) is 2.61. The Morgan fingerprint density at radius 1 is 1.41 bits per heavy atom. The number of benzene rings is 1. The number of anilines is 1. The molecule has 2 N–H and O–H groups in total. The van der Waals surface area contributed by atoms with Gasteiger partial charge in [0.1, 0.15) is 0 Å². The Labute approximate surface area is 106 Å². The molecule has 0 amide bonds. The maximum atomic E-state index is 10.5. The number of carboxylic acid groups (broad SMARTS) is 1. The minimum Gasteiger partial charge on any atom is -0.478 e. The Morgan fingerprint density at radius 3 is 2.88 bits per heavy atom. The van der Waals surface area contributed by atoms with E-state index in [1.165, 1.54) is 6.08 Å². The number of halogens is 1. The monoisotopic (exact) mass is 251 g/mol. The molecule has 4 heteroatoms. The molecule has 1 heterocycles. The molecule has 0 aliphatic carbocycles. The molecular formula is C13H14ClNO2. The van der Waals surface area contributed by atoms with E-state index in [9.17, 15) is 4.79 Å². The number of fused-ring (bicyclic) bond motifs is 1. The Hall–Kier alpha value is -1.74. The Balaban J connectivity index is 0.00000144. The third kappa shape index (κ3) is 3.11. The van der Waals surface area contributed by atoms with Crippen molar-refractivity contribution in [2.75, 3.05) is 5.32 Å². The summed E-state index contributed by atoms with van der Waals surface area (Å²) in [5, 5.41) is 11.8. The minimum atomic E-state index is -0.925. The molecule has 0 radical (unpaired) electrons. The fourth-order valence-corrected chi connectivity index (χ4v) is 1.85. The summed E-state index contributed by atoms with van der Waals surface area (Å²) in [5.41, 5.74) is 4.16. The number of nitrogens with one attached hydrogen (secondary N) is 1. The van der Waals surface area contributed by atoms with E-state index in [2.05, 4.69) is 11.9 Å². The SMILES string of the molecule is C=C1CCc2c(/C=C/C(=O)O)cccc2N1.Cl. The second-order valence-electron chi connectivity index (χ2n) is 3.77. The first kappa shape index (κ1) is 13.3. The lowest BCUT2D eigenvalue weighted by Crippen LogP contribution is -2.10. The summed E-state index contributed by atoms with van der Waals surface area (Å²) in [7, 11) is 0. The number of carboxylic acids is 1. The van der Waals surface area contributed by atoms with Gasteiger partial charge in [-0.3, -0.25) is 0 Å². The molecule has 0 aromatic heterocycles. The molecule has 0 unspecified atom stereocenters. The molecule has 90 valence electrons. The first-order valence-corrected chi connectivity index (χ1v) is 5.14. The topological polar surface area (TPSA) is 49.3 Å². The van der Waals surface area contributed by atoms with Crippen molar-refractivity contribution in [1.29, 1.82) is 0 Å². The molecule has 0 saturated heterocycles. The zero-order chi connectivity index (χ0) is 11.5. The summed E-state index contributed by atoms with van der Waals surface area (Å²) >= 11 is 0. The molecule has 17 heavy (non-hydrogen) atoms. The lowest BCUT2D eigenvalue weighted by molar-refractivity contribution is -0.131. The highest BCUT2D eigenvalue weighted by Gasteiger charge is 2.12. The zero-order valence-electron chi connectivity index (χ0n) is 9.27. The van der Waals surface area contributed by atoms with Crippen LogP contribution in [0.2, 0.25) is 0 Å². The Kier molecular flexibility index (Phi) is 4.35. The molecule has 1 aliphatic heterocycles. The largest absolute Gasteiger partial charge is 0.478 e. The molecule has 1 aliphatic rings. The zero-order valence-corrected chi connectivity index (χ0v) is 10.1. The second-order valence-corrected chi connectivity index (χ2v) is 3.77. The van der Waals surface area contributed by atoms with Gasteiger partial charge in [-0.25, -0.2) is 4.79 Å². The van der Waals surface area contributed by atoms with Crippen molar-refractivity contribution >= 4 is 30.1 Å². The summed E-state index contributed by atoms with van der Waals surface area (Å²) in [6.45, 7) is 3.89. The van der Waals surface area contributed by atoms with Crippen molar-refractivity contribution in [3.05, 3.63) is 47.7 Å². The number of aliphatic carboxylic acids is 1. The van der Waals surface area contributed by atoms with Crippen LogP contribution >= 0.6 is 12.4 Å². The van der Waals surface area contributed by atoms with Gasteiger partial charge in [0.25, 0.3) is 0 Å². The fraction of sp³-hybridized carbons (Fsp3) is 0.154. The van der Waals surface area contributed by atoms with Gasteiger partial charge in [-0.05, 0) is 36.1 Å². The van der Waals surface area contributed by atoms with E-state index in [0.717, 1.165) is 35.4 Å². The number of allylic oxidation sites excluding steroid dienone is 1. The van der Waals surface area contributed by atoms with E-state index >= 15 is 0 Å². The van der Waals surface area contributed by atoms with Crippen LogP contribution < -0.4 is 5.32 Å². The predicted molar refractivity (Wildman–Crippen MR) is 71.4 cm³/mol.